The first-order valence-corrected chi connectivity index (χ1v) is 5.17. The van der Waals surface area contributed by atoms with E-state index in [4.69, 9.17) is 0 Å². The first-order chi connectivity index (χ1) is 7.33. The van der Waals surface area contributed by atoms with Gasteiger partial charge in [0.15, 0.2) is 0 Å². The molecule has 2 heterocycles. The SMILES string of the molecule is O=C1CC(c2ccc3cc[nH]c3c2)CN1. The molecule has 0 bridgehead atoms. The quantitative estimate of drug-likeness (QED) is 0.724. The van der Waals surface area contributed by atoms with E-state index in [-0.39, 0.29) is 5.91 Å². The Labute approximate surface area is 87.5 Å². The predicted octanol–water partition coefficient (Wildman–Crippen LogP) is 1.77. The number of carbonyl (C=O) groups is 1. The number of rotatable bonds is 1. The van der Waals surface area contributed by atoms with Crippen molar-refractivity contribution in [3.63, 3.8) is 0 Å². The van der Waals surface area contributed by atoms with Crippen molar-refractivity contribution >= 4 is 16.8 Å². The van der Waals surface area contributed by atoms with Crippen molar-refractivity contribution < 1.29 is 4.79 Å². The van der Waals surface area contributed by atoms with Crippen LogP contribution < -0.4 is 5.32 Å². The van der Waals surface area contributed by atoms with E-state index in [1.807, 2.05) is 6.20 Å². The van der Waals surface area contributed by atoms with Gasteiger partial charge in [0, 0.05) is 30.6 Å². The topological polar surface area (TPSA) is 44.9 Å². The minimum absolute atomic E-state index is 0.159. The molecule has 3 nitrogen and oxygen atoms in total. The Kier molecular flexibility index (Phi) is 1.78. The van der Waals surface area contributed by atoms with E-state index in [2.05, 4.69) is 34.6 Å². The first kappa shape index (κ1) is 8.53. The molecular weight excluding hydrogens is 188 g/mol. The fourth-order valence-electron chi connectivity index (χ4n) is 2.16. The number of H-pyrrole nitrogens is 1. The van der Waals surface area contributed by atoms with Crippen molar-refractivity contribution in [2.45, 2.75) is 12.3 Å². The normalized spacial score (nSPS) is 20.8. The zero-order chi connectivity index (χ0) is 10.3. The highest BCUT2D eigenvalue weighted by molar-refractivity contribution is 5.82. The summed E-state index contributed by atoms with van der Waals surface area (Å²) in [5.74, 6) is 0.497. The second kappa shape index (κ2) is 3.12. The van der Waals surface area contributed by atoms with Gasteiger partial charge in [-0.1, -0.05) is 12.1 Å². The largest absolute Gasteiger partial charge is 0.361 e. The van der Waals surface area contributed by atoms with Crippen LogP contribution in [-0.2, 0) is 4.79 Å². The van der Waals surface area contributed by atoms with Crippen LogP contribution in [0.4, 0.5) is 0 Å². The van der Waals surface area contributed by atoms with Crippen LogP contribution in [0.2, 0.25) is 0 Å². The predicted molar refractivity (Wildman–Crippen MR) is 58.7 cm³/mol. The lowest BCUT2D eigenvalue weighted by Crippen LogP contribution is -2.13. The van der Waals surface area contributed by atoms with Crippen LogP contribution in [0.3, 0.4) is 0 Å². The summed E-state index contributed by atoms with van der Waals surface area (Å²) in [6.07, 6.45) is 2.55. The molecule has 1 fully saturated rings. The minimum Gasteiger partial charge on any atom is -0.361 e. The summed E-state index contributed by atoms with van der Waals surface area (Å²) in [5, 5.41) is 4.08. The van der Waals surface area contributed by atoms with E-state index in [0.717, 1.165) is 12.1 Å². The third-order valence-corrected chi connectivity index (χ3v) is 3.03. The van der Waals surface area contributed by atoms with Crippen LogP contribution in [0.1, 0.15) is 17.9 Å². The first-order valence-electron chi connectivity index (χ1n) is 5.17. The summed E-state index contributed by atoms with van der Waals surface area (Å²) in [6, 6.07) is 8.41. The zero-order valence-corrected chi connectivity index (χ0v) is 8.29. The number of aromatic amines is 1. The molecule has 1 unspecified atom stereocenters. The van der Waals surface area contributed by atoms with Gasteiger partial charge in [-0.05, 0) is 23.1 Å². The van der Waals surface area contributed by atoms with Crippen molar-refractivity contribution in [3.05, 3.63) is 36.0 Å². The molecule has 2 N–H and O–H groups in total. The molecule has 1 aliphatic rings. The fourth-order valence-corrected chi connectivity index (χ4v) is 2.16. The molecule has 0 radical (unpaired) electrons. The fraction of sp³-hybridized carbons (Fsp3) is 0.250. The molecule has 0 saturated carbocycles. The molecule has 2 aromatic rings. The van der Waals surface area contributed by atoms with E-state index in [1.54, 1.807) is 0 Å². The van der Waals surface area contributed by atoms with Gasteiger partial charge in [0.25, 0.3) is 0 Å². The molecule has 1 aromatic heterocycles. The smallest absolute Gasteiger partial charge is 0.220 e. The number of hydrogen-bond donors (Lipinski definition) is 2. The maximum atomic E-state index is 11.1. The molecule has 3 rings (SSSR count). The maximum absolute atomic E-state index is 11.1. The van der Waals surface area contributed by atoms with E-state index >= 15 is 0 Å². The molecule has 1 amide bonds. The maximum Gasteiger partial charge on any atom is 0.220 e. The van der Waals surface area contributed by atoms with Gasteiger partial charge in [0.1, 0.15) is 0 Å². The lowest BCUT2D eigenvalue weighted by molar-refractivity contribution is -0.119. The minimum atomic E-state index is 0.159. The van der Waals surface area contributed by atoms with Crippen LogP contribution in [-0.4, -0.2) is 17.4 Å². The van der Waals surface area contributed by atoms with Crippen molar-refractivity contribution in [2.75, 3.05) is 6.54 Å². The van der Waals surface area contributed by atoms with E-state index < -0.39 is 0 Å². The molecule has 15 heavy (non-hydrogen) atoms. The number of amides is 1. The molecule has 1 aromatic carbocycles. The highest BCUT2D eigenvalue weighted by atomic mass is 16.1. The lowest BCUT2D eigenvalue weighted by atomic mass is 9.97. The summed E-state index contributed by atoms with van der Waals surface area (Å²) in [4.78, 5) is 14.3. The summed E-state index contributed by atoms with van der Waals surface area (Å²) >= 11 is 0. The van der Waals surface area contributed by atoms with Crippen molar-refractivity contribution in [2.24, 2.45) is 0 Å². The van der Waals surface area contributed by atoms with Crippen LogP contribution in [0, 0.1) is 0 Å². The molecular formula is C12H12N2O. The Bertz CT molecular complexity index is 515. The Morgan fingerprint density at radius 1 is 1.27 bits per heavy atom. The number of nitrogens with one attached hydrogen (secondary N) is 2. The number of aromatic nitrogens is 1. The molecule has 3 heteroatoms. The average molecular weight is 200 g/mol. The highest BCUT2D eigenvalue weighted by Gasteiger charge is 2.22. The van der Waals surface area contributed by atoms with Gasteiger partial charge in [-0.2, -0.15) is 0 Å². The molecule has 0 spiro atoms. The van der Waals surface area contributed by atoms with Crippen LogP contribution in [0.5, 0.6) is 0 Å². The van der Waals surface area contributed by atoms with Gasteiger partial charge in [-0.15, -0.1) is 0 Å². The lowest BCUT2D eigenvalue weighted by Gasteiger charge is -2.07. The van der Waals surface area contributed by atoms with Crippen LogP contribution in [0.25, 0.3) is 10.9 Å². The van der Waals surface area contributed by atoms with Crippen molar-refractivity contribution in [1.29, 1.82) is 0 Å². The summed E-state index contributed by atoms with van der Waals surface area (Å²) in [7, 11) is 0. The highest BCUT2D eigenvalue weighted by Crippen LogP contribution is 2.25. The molecule has 76 valence electrons. The number of benzene rings is 1. The Balaban J connectivity index is 2.00. The Hall–Kier alpha value is -1.77. The molecule has 1 saturated heterocycles. The van der Waals surface area contributed by atoms with Gasteiger partial charge < -0.3 is 10.3 Å². The van der Waals surface area contributed by atoms with Gasteiger partial charge in [0.05, 0.1) is 0 Å². The molecule has 1 aliphatic heterocycles. The second-order valence-corrected chi connectivity index (χ2v) is 4.03. The Morgan fingerprint density at radius 2 is 2.20 bits per heavy atom. The summed E-state index contributed by atoms with van der Waals surface area (Å²) < 4.78 is 0. The van der Waals surface area contributed by atoms with Gasteiger partial charge in [-0.25, -0.2) is 0 Å². The van der Waals surface area contributed by atoms with Crippen molar-refractivity contribution in [3.8, 4) is 0 Å². The van der Waals surface area contributed by atoms with Crippen molar-refractivity contribution in [1.82, 2.24) is 10.3 Å². The molecule has 0 aliphatic carbocycles. The third-order valence-electron chi connectivity index (χ3n) is 3.03. The van der Waals surface area contributed by atoms with E-state index in [0.29, 0.717) is 12.3 Å². The van der Waals surface area contributed by atoms with E-state index in [1.165, 1.54) is 10.9 Å². The molecule has 1 atom stereocenters. The zero-order valence-electron chi connectivity index (χ0n) is 8.29. The number of carbonyl (C=O) groups excluding carboxylic acids is 1. The van der Waals surface area contributed by atoms with Crippen LogP contribution >= 0.6 is 0 Å². The van der Waals surface area contributed by atoms with E-state index in [9.17, 15) is 4.79 Å². The third kappa shape index (κ3) is 1.40. The Morgan fingerprint density at radius 3 is 3.00 bits per heavy atom. The number of fused-ring (bicyclic) bond motifs is 1. The van der Waals surface area contributed by atoms with Crippen LogP contribution in [0.15, 0.2) is 30.5 Å². The standard InChI is InChI=1S/C12H12N2O/c15-12-6-10(7-14-12)9-2-1-8-3-4-13-11(8)5-9/h1-5,10,13H,6-7H2,(H,14,15). The number of hydrogen-bond acceptors (Lipinski definition) is 1. The second-order valence-electron chi connectivity index (χ2n) is 4.03. The van der Waals surface area contributed by atoms with Gasteiger partial charge in [0.2, 0.25) is 5.91 Å². The monoisotopic (exact) mass is 200 g/mol. The summed E-state index contributed by atoms with van der Waals surface area (Å²) in [5.41, 5.74) is 2.38. The van der Waals surface area contributed by atoms with Gasteiger partial charge >= 0.3 is 0 Å². The van der Waals surface area contributed by atoms with Gasteiger partial charge in [-0.3, -0.25) is 4.79 Å². The average Bonchev–Trinajstić information content (AvgIpc) is 2.84. The summed E-state index contributed by atoms with van der Waals surface area (Å²) in [6.45, 7) is 0.769.